The van der Waals surface area contributed by atoms with E-state index in [1.54, 1.807) is 30.5 Å². The molecule has 0 aliphatic rings. The molecule has 8 aromatic rings. The van der Waals surface area contributed by atoms with E-state index in [4.69, 9.17) is 14.5 Å². The molecule has 0 radical (unpaired) electrons. The molecule has 0 atom stereocenters. The fourth-order valence-corrected chi connectivity index (χ4v) is 6.73. The Morgan fingerprint density at radius 2 is 1.18 bits per heavy atom. The number of aromatic nitrogens is 3. The monoisotopic (exact) mass is 649 g/mol. The molecule has 8 rings (SSSR count). The van der Waals surface area contributed by atoms with Crippen molar-refractivity contribution in [1.82, 2.24) is 15.0 Å². The highest BCUT2D eigenvalue weighted by atomic mass is 16.5. The summed E-state index contributed by atoms with van der Waals surface area (Å²) in [4.78, 5) is 35.7. The predicted octanol–water partition coefficient (Wildman–Crippen LogP) is 8.86. The molecule has 3 heterocycles. The average molecular weight is 650 g/mol. The van der Waals surface area contributed by atoms with Crippen LogP contribution in [0.2, 0.25) is 0 Å². The topological polar surface area (TPSA) is 91.3 Å². The Kier molecular flexibility index (Phi) is 7.67. The van der Waals surface area contributed by atoms with Crippen LogP contribution in [-0.2, 0) is 9.59 Å². The number of nitrogens with zero attached hydrogens (tertiary/aromatic N) is 3. The first kappa shape index (κ1) is 30.4. The van der Waals surface area contributed by atoms with Gasteiger partial charge in [-0.25, -0.2) is 4.98 Å². The van der Waals surface area contributed by atoms with Gasteiger partial charge in [0, 0.05) is 41.7 Å². The highest BCUT2D eigenvalue weighted by molar-refractivity contribution is 6.26. The van der Waals surface area contributed by atoms with Crippen LogP contribution in [0.1, 0.15) is 22.3 Å². The number of hydrogen-bond donors (Lipinski definition) is 0. The van der Waals surface area contributed by atoms with Crippen molar-refractivity contribution in [3.05, 3.63) is 138 Å². The maximum atomic E-state index is 11.2. The molecule has 238 valence electrons. The maximum absolute atomic E-state index is 11.2. The van der Waals surface area contributed by atoms with Gasteiger partial charge in [-0.2, -0.15) is 0 Å². The second-order valence-corrected chi connectivity index (χ2v) is 12.0. The Morgan fingerprint density at radius 3 is 1.92 bits per heavy atom. The minimum absolute atomic E-state index is 0.260. The van der Waals surface area contributed by atoms with E-state index in [0.29, 0.717) is 41.5 Å². The lowest BCUT2D eigenvalue weighted by molar-refractivity contribution is -0.121. The molecule has 0 aliphatic heterocycles. The number of ether oxygens (including phenoxy) is 2. The van der Waals surface area contributed by atoms with E-state index in [1.807, 2.05) is 12.1 Å². The summed E-state index contributed by atoms with van der Waals surface area (Å²) in [6, 6.07) is 33.9. The molecule has 0 unspecified atom stereocenters. The molecule has 3 aromatic heterocycles. The third-order valence-corrected chi connectivity index (χ3v) is 8.94. The van der Waals surface area contributed by atoms with Crippen molar-refractivity contribution in [2.24, 2.45) is 0 Å². The fraction of sp³-hybridized carbons (Fsp3) is 0.0465. The Balaban J connectivity index is 1.21. The first-order valence-corrected chi connectivity index (χ1v) is 16.0. The number of hydrogen-bond acceptors (Lipinski definition) is 7. The van der Waals surface area contributed by atoms with Crippen LogP contribution in [0.25, 0.3) is 66.2 Å². The molecular weight excluding hydrogens is 622 g/mol. The summed E-state index contributed by atoms with van der Waals surface area (Å²) in [6.45, 7) is 5.03. The first-order chi connectivity index (χ1) is 24.5. The summed E-state index contributed by atoms with van der Waals surface area (Å²) in [5.41, 5.74) is 8.51. The van der Waals surface area contributed by atoms with Crippen molar-refractivity contribution < 1.29 is 19.1 Å². The first-order valence-electron chi connectivity index (χ1n) is 16.0. The van der Waals surface area contributed by atoms with E-state index in [1.165, 1.54) is 55.4 Å². The fourth-order valence-electron chi connectivity index (χ4n) is 6.73. The normalized spacial score (nSPS) is 11.0. The third-order valence-electron chi connectivity index (χ3n) is 8.94. The Hall–Kier alpha value is -6.91. The molecule has 7 heteroatoms. The van der Waals surface area contributed by atoms with E-state index in [-0.39, 0.29) is 5.75 Å². The molecule has 0 bridgehead atoms. The second kappa shape index (κ2) is 12.6. The zero-order valence-corrected chi connectivity index (χ0v) is 27.1. The Bertz CT molecular complexity index is 2670. The van der Waals surface area contributed by atoms with Crippen molar-refractivity contribution in [1.29, 1.82) is 0 Å². The van der Waals surface area contributed by atoms with Crippen molar-refractivity contribution in [2.75, 3.05) is 0 Å². The van der Waals surface area contributed by atoms with Crippen LogP contribution in [0.3, 0.4) is 0 Å². The summed E-state index contributed by atoms with van der Waals surface area (Å²) in [5, 5.41) is 7.14. The molecule has 5 aromatic carbocycles. The number of aryl methyl sites for hydroxylation is 2. The van der Waals surface area contributed by atoms with Gasteiger partial charge < -0.3 is 9.47 Å². The lowest BCUT2D eigenvalue weighted by Gasteiger charge is -2.17. The van der Waals surface area contributed by atoms with Gasteiger partial charge >= 0.3 is 0 Å². The van der Waals surface area contributed by atoms with Gasteiger partial charge in [-0.15, -0.1) is 0 Å². The minimum Gasteiger partial charge on any atom is -0.429 e. The standard InChI is InChI=1S/C43H27N3O4/c1-26-4-3-5-27(2)41(26)35-14-11-31-10-13-34-29(8-9-30-12-15-36(35)43(31)42(30)34)7-6-28-16-18-44-37(20-28)39-22-33(50-25-48)23-40(46-39)38-21-32(49-24-47)17-19-45-38/h3-5,8-25H,1-2H3. The smallest absolute Gasteiger partial charge is 0.298 e. The number of rotatable bonds is 7. The Morgan fingerprint density at radius 1 is 0.580 bits per heavy atom. The molecule has 0 amide bonds. The SMILES string of the molecule is Cc1cccc(C)c1-c1ccc2ccc3c(C#Cc4ccnc(-c5cc(OC=O)cc(-c6cc(OC=O)ccn6)n5)c4)ccc4ccc1c2c43. The molecule has 0 aliphatic carbocycles. The molecule has 7 nitrogen and oxygen atoms in total. The molecule has 0 saturated carbocycles. The number of benzene rings is 5. The molecule has 0 fully saturated rings. The highest BCUT2D eigenvalue weighted by Crippen LogP contribution is 2.41. The van der Waals surface area contributed by atoms with Crippen LogP contribution >= 0.6 is 0 Å². The number of pyridine rings is 3. The largest absolute Gasteiger partial charge is 0.429 e. The van der Waals surface area contributed by atoms with Gasteiger partial charge in [-0.05, 0) is 92.7 Å². The van der Waals surface area contributed by atoms with Gasteiger partial charge in [0.25, 0.3) is 12.9 Å². The predicted molar refractivity (Wildman–Crippen MR) is 195 cm³/mol. The number of carbonyl (C=O) groups is 2. The van der Waals surface area contributed by atoms with Crippen molar-refractivity contribution >= 4 is 45.3 Å². The van der Waals surface area contributed by atoms with Gasteiger partial charge in [-0.3, -0.25) is 19.6 Å². The van der Waals surface area contributed by atoms with E-state index < -0.39 is 0 Å². The van der Waals surface area contributed by atoms with Crippen molar-refractivity contribution in [3.8, 4) is 57.2 Å². The molecular formula is C43H27N3O4. The van der Waals surface area contributed by atoms with E-state index in [0.717, 1.165) is 16.5 Å². The Labute approximate surface area is 287 Å². The quantitative estimate of drug-likeness (QED) is 0.0968. The lowest BCUT2D eigenvalue weighted by atomic mass is 9.86. The van der Waals surface area contributed by atoms with E-state index in [2.05, 4.69) is 102 Å². The third kappa shape index (κ3) is 5.45. The van der Waals surface area contributed by atoms with Crippen molar-refractivity contribution in [3.63, 3.8) is 0 Å². The molecule has 50 heavy (non-hydrogen) atoms. The van der Waals surface area contributed by atoms with Gasteiger partial charge in [0.2, 0.25) is 0 Å². The highest BCUT2D eigenvalue weighted by Gasteiger charge is 2.16. The zero-order chi connectivity index (χ0) is 34.2. The summed E-state index contributed by atoms with van der Waals surface area (Å²) in [6.07, 6.45) is 3.17. The van der Waals surface area contributed by atoms with Gasteiger partial charge in [0.15, 0.2) is 0 Å². The van der Waals surface area contributed by atoms with Gasteiger partial charge in [0.05, 0.1) is 22.8 Å². The lowest BCUT2D eigenvalue weighted by Crippen LogP contribution is -1.97. The summed E-state index contributed by atoms with van der Waals surface area (Å²) < 4.78 is 10.2. The van der Waals surface area contributed by atoms with Gasteiger partial charge in [0.1, 0.15) is 11.5 Å². The number of carbonyl (C=O) groups excluding carboxylic acids is 2. The molecule has 0 N–H and O–H groups in total. The molecule has 0 spiro atoms. The molecule has 0 saturated heterocycles. The summed E-state index contributed by atoms with van der Waals surface area (Å²) >= 11 is 0. The maximum Gasteiger partial charge on any atom is 0.298 e. The van der Waals surface area contributed by atoms with Crippen LogP contribution < -0.4 is 9.47 Å². The zero-order valence-electron chi connectivity index (χ0n) is 27.1. The second-order valence-electron chi connectivity index (χ2n) is 12.0. The van der Waals surface area contributed by atoms with Crippen LogP contribution in [-0.4, -0.2) is 27.9 Å². The van der Waals surface area contributed by atoms with Crippen LogP contribution in [0.5, 0.6) is 11.5 Å². The van der Waals surface area contributed by atoms with E-state index in [9.17, 15) is 9.59 Å². The minimum atomic E-state index is 0.260. The van der Waals surface area contributed by atoms with Crippen molar-refractivity contribution in [2.45, 2.75) is 13.8 Å². The van der Waals surface area contributed by atoms with Gasteiger partial charge in [-0.1, -0.05) is 72.5 Å². The summed E-state index contributed by atoms with van der Waals surface area (Å²) in [7, 11) is 0. The van der Waals surface area contributed by atoms with Crippen LogP contribution in [0, 0.1) is 25.7 Å². The van der Waals surface area contributed by atoms with Crippen LogP contribution in [0.4, 0.5) is 0 Å². The summed E-state index contributed by atoms with van der Waals surface area (Å²) in [5.74, 6) is 7.33. The van der Waals surface area contributed by atoms with E-state index >= 15 is 0 Å². The van der Waals surface area contributed by atoms with Crippen LogP contribution in [0.15, 0.2) is 116 Å². The average Bonchev–Trinajstić information content (AvgIpc) is 3.14.